The summed E-state index contributed by atoms with van der Waals surface area (Å²) in [5, 5.41) is 0. The maximum absolute atomic E-state index is 13.1. The van der Waals surface area contributed by atoms with Crippen LogP contribution in [-0.2, 0) is 16.6 Å². The highest BCUT2D eigenvalue weighted by Crippen LogP contribution is 2.32. The van der Waals surface area contributed by atoms with E-state index in [9.17, 15) is 13.2 Å². The summed E-state index contributed by atoms with van der Waals surface area (Å²) in [5.41, 5.74) is 4.06. The van der Waals surface area contributed by atoms with E-state index in [1.807, 2.05) is 30.3 Å². The summed E-state index contributed by atoms with van der Waals surface area (Å²) >= 11 is 0. The maximum atomic E-state index is 13.1. The first-order valence-electron chi connectivity index (χ1n) is 9.25. The Balaban J connectivity index is 1.60. The summed E-state index contributed by atoms with van der Waals surface area (Å²) in [4.78, 5) is 22.6. The molecule has 3 aromatic rings. The Bertz CT molecular complexity index is 1120. The molecule has 0 spiro atoms. The number of nitrogens with one attached hydrogen (secondary N) is 1. The van der Waals surface area contributed by atoms with Crippen LogP contribution in [0.15, 0.2) is 60.9 Å². The van der Waals surface area contributed by atoms with Gasteiger partial charge in [0.2, 0.25) is 10.0 Å². The van der Waals surface area contributed by atoms with Crippen molar-refractivity contribution in [3.8, 4) is 0 Å². The van der Waals surface area contributed by atoms with Gasteiger partial charge in [-0.25, -0.2) is 13.4 Å². The lowest BCUT2D eigenvalue weighted by atomic mass is 9.90. The van der Waals surface area contributed by atoms with Gasteiger partial charge in [0.05, 0.1) is 36.2 Å². The van der Waals surface area contributed by atoms with Crippen LogP contribution in [0, 0.1) is 0 Å². The number of rotatable bonds is 4. The van der Waals surface area contributed by atoms with Crippen molar-refractivity contribution in [1.82, 2.24) is 14.9 Å². The van der Waals surface area contributed by atoms with Gasteiger partial charge in [-0.15, -0.1) is 0 Å². The van der Waals surface area contributed by atoms with Crippen LogP contribution in [0.1, 0.15) is 33.2 Å². The fourth-order valence-electron chi connectivity index (χ4n) is 3.61. The van der Waals surface area contributed by atoms with Crippen LogP contribution in [0.2, 0.25) is 0 Å². The van der Waals surface area contributed by atoms with E-state index in [0.29, 0.717) is 24.3 Å². The SMILES string of the molecule is CN(c1ccc(C(=O)N2Cc3[nH]cnc3C(c3ccccc3)C2)cc1)S(C)(=O)=O. The van der Waals surface area contributed by atoms with E-state index in [4.69, 9.17) is 0 Å². The summed E-state index contributed by atoms with van der Waals surface area (Å²) in [7, 11) is -1.86. The molecule has 0 radical (unpaired) electrons. The molecule has 7 nitrogen and oxygen atoms in total. The zero-order valence-corrected chi connectivity index (χ0v) is 17.1. The number of carbonyl (C=O) groups is 1. The molecule has 2 heterocycles. The normalized spacial score (nSPS) is 16.3. The van der Waals surface area contributed by atoms with Gasteiger partial charge in [0.25, 0.3) is 5.91 Å². The molecule has 0 aliphatic carbocycles. The van der Waals surface area contributed by atoms with Gasteiger partial charge < -0.3 is 9.88 Å². The van der Waals surface area contributed by atoms with Crippen LogP contribution >= 0.6 is 0 Å². The second kappa shape index (κ2) is 7.36. The number of aromatic amines is 1. The number of imidazole rings is 1. The second-order valence-electron chi connectivity index (χ2n) is 7.19. The zero-order chi connectivity index (χ0) is 20.6. The Labute approximate surface area is 170 Å². The minimum atomic E-state index is -3.35. The number of H-pyrrole nitrogens is 1. The number of carbonyl (C=O) groups excluding carboxylic acids is 1. The van der Waals surface area contributed by atoms with Gasteiger partial charge in [0.1, 0.15) is 0 Å². The van der Waals surface area contributed by atoms with Crippen LogP contribution in [0.25, 0.3) is 0 Å². The number of aromatic nitrogens is 2. The molecule has 1 unspecified atom stereocenters. The molecule has 29 heavy (non-hydrogen) atoms. The van der Waals surface area contributed by atoms with E-state index in [2.05, 4.69) is 9.97 Å². The second-order valence-corrected chi connectivity index (χ2v) is 9.21. The third-order valence-electron chi connectivity index (χ3n) is 5.30. The molecule has 1 atom stereocenters. The predicted octanol–water partition coefficient (Wildman–Crippen LogP) is 2.59. The third kappa shape index (κ3) is 3.75. The molecule has 0 bridgehead atoms. The van der Waals surface area contributed by atoms with Crippen LogP contribution in [0.5, 0.6) is 0 Å². The number of anilines is 1. The topological polar surface area (TPSA) is 86.4 Å². The molecule has 2 aromatic carbocycles. The number of fused-ring (bicyclic) bond motifs is 1. The van der Waals surface area contributed by atoms with Gasteiger partial charge in [0.15, 0.2) is 0 Å². The Morgan fingerprint density at radius 2 is 1.83 bits per heavy atom. The molecule has 150 valence electrons. The molecule has 4 rings (SSSR count). The lowest BCUT2D eigenvalue weighted by molar-refractivity contribution is 0.0722. The van der Waals surface area contributed by atoms with Gasteiger partial charge in [-0.05, 0) is 29.8 Å². The van der Waals surface area contributed by atoms with E-state index < -0.39 is 10.0 Å². The highest BCUT2D eigenvalue weighted by Gasteiger charge is 2.31. The van der Waals surface area contributed by atoms with E-state index in [0.717, 1.165) is 23.2 Å². The van der Waals surface area contributed by atoms with Crippen molar-refractivity contribution in [3.63, 3.8) is 0 Å². The Kier molecular flexibility index (Phi) is 4.87. The van der Waals surface area contributed by atoms with Crippen LogP contribution in [0.4, 0.5) is 5.69 Å². The fourth-order valence-corrected chi connectivity index (χ4v) is 4.12. The standard InChI is InChI=1S/C21H22N4O3S/c1-24(29(2,27)28)17-10-8-16(9-11-17)21(26)25-12-18(15-6-4-3-5-7-15)20-19(13-25)22-14-23-20/h3-11,14,18H,12-13H2,1-2H3,(H,22,23). The number of nitrogens with zero attached hydrogens (tertiary/aromatic N) is 3. The average Bonchev–Trinajstić information content (AvgIpc) is 3.21. The van der Waals surface area contributed by atoms with E-state index in [1.54, 1.807) is 35.5 Å². The highest BCUT2D eigenvalue weighted by atomic mass is 32.2. The van der Waals surface area contributed by atoms with Gasteiger partial charge in [-0.1, -0.05) is 30.3 Å². The van der Waals surface area contributed by atoms with Crippen molar-refractivity contribution in [2.24, 2.45) is 0 Å². The highest BCUT2D eigenvalue weighted by molar-refractivity contribution is 7.92. The van der Waals surface area contributed by atoms with Crippen molar-refractivity contribution in [2.45, 2.75) is 12.5 Å². The summed E-state index contributed by atoms with van der Waals surface area (Å²) in [6.07, 6.45) is 2.82. The van der Waals surface area contributed by atoms with E-state index in [1.165, 1.54) is 11.4 Å². The van der Waals surface area contributed by atoms with E-state index >= 15 is 0 Å². The first-order valence-corrected chi connectivity index (χ1v) is 11.1. The average molecular weight is 410 g/mol. The number of hydrogen-bond donors (Lipinski definition) is 1. The lowest BCUT2D eigenvalue weighted by Crippen LogP contribution is -2.38. The number of benzene rings is 2. The molecule has 1 aromatic heterocycles. The number of sulfonamides is 1. The fraction of sp³-hybridized carbons (Fsp3) is 0.238. The lowest BCUT2D eigenvalue weighted by Gasteiger charge is -2.32. The van der Waals surface area contributed by atoms with Crippen molar-refractivity contribution in [3.05, 3.63) is 83.4 Å². The number of amides is 1. The van der Waals surface area contributed by atoms with Gasteiger partial charge in [-0.3, -0.25) is 9.10 Å². The molecule has 1 amide bonds. The summed E-state index contributed by atoms with van der Waals surface area (Å²) in [6, 6.07) is 16.7. The molecular formula is C21H22N4O3S. The van der Waals surface area contributed by atoms with Crippen molar-refractivity contribution >= 4 is 21.6 Å². The molecule has 1 aliphatic rings. The smallest absolute Gasteiger partial charge is 0.254 e. The largest absolute Gasteiger partial charge is 0.347 e. The predicted molar refractivity (Wildman–Crippen MR) is 111 cm³/mol. The van der Waals surface area contributed by atoms with Crippen molar-refractivity contribution < 1.29 is 13.2 Å². The Morgan fingerprint density at radius 3 is 2.48 bits per heavy atom. The summed E-state index contributed by atoms with van der Waals surface area (Å²) in [5.74, 6) is -0.0921. The van der Waals surface area contributed by atoms with Crippen LogP contribution in [-0.4, -0.2) is 49.0 Å². The molecule has 0 saturated carbocycles. The third-order valence-corrected chi connectivity index (χ3v) is 6.50. The molecular weight excluding hydrogens is 388 g/mol. The summed E-state index contributed by atoms with van der Waals surface area (Å²) in [6.45, 7) is 0.994. The van der Waals surface area contributed by atoms with Gasteiger partial charge >= 0.3 is 0 Å². The molecule has 0 saturated heterocycles. The van der Waals surface area contributed by atoms with Crippen molar-refractivity contribution in [1.29, 1.82) is 0 Å². The molecule has 0 fully saturated rings. The monoisotopic (exact) mass is 410 g/mol. The van der Waals surface area contributed by atoms with Crippen LogP contribution in [0.3, 0.4) is 0 Å². The summed E-state index contributed by atoms with van der Waals surface area (Å²) < 4.78 is 24.6. The number of hydrogen-bond acceptors (Lipinski definition) is 4. The minimum absolute atomic E-state index is 0.00536. The minimum Gasteiger partial charge on any atom is -0.347 e. The molecule has 1 N–H and O–H groups in total. The first-order chi connectivity index (χ1) is 13.8. The van der Waals surface area contributed by atoms with E-state index in [-0.39, 0.29) is 11.8 Å². The first kappa shape index (κ1) is 19.2. The molecule has 1 aliphatic heterocycles. The van der Waals surface area contributed by atoms with Crippen LogP contribution < -0.4 is 4.31 Å². The molecule has 8 heteroatoms. The Morgan fingerprint density at radius 1 is 1.14 bits per heavy atom. The Hall–Kier alpha value is -3.13. The maximum Gasteiger partial charge on any atom is 0.254 e. The van der Waals surface area contributed by atoms with Gasteiger partial charge in [0, 0.05) is 25.1 Å². The van der Waals surface area contributed by atoms with Crippen molar-refractivity contribution in [2.75, 3.05) is 24.2 Å². The van der Waals surface area contributed by atoms with Gasteiger partial charge in [-0.2, -0.15) is 0 Å². The quantitative estimate of drug-likeness (QED) is 0.716. The zero-order valence-electron chi connectivity index (χ0n) is 16.2.